The highest BCUT2D eigenvalue weighted by Gasteiger charge is 2.33. The zero-order valence-corrected chi connectivity index (χ0v) is 13.1. The molecule has 18 heavy (non-hydrogen) atoms. The fourth-order valence-electron chi connectivity index (χ4n) is 2.08. The van der Waals surface area contributed by atoms with E-state index >= 15 is 0 Å². The maximum atomic E-state index is 12.0. The number of hydrogen-bond acceptors (Lipinski definition) is 4. The van der Waals surface area contributed by atoms with Crippen LogP contribution in [0.25, 0.3) is 0 Å². The third-order valence-corrected chi connectivity index (χ3v) is 6.85. The van der Waals surface area contributed by atoms with Gasteiger partial charge in [-0.15, -0.1) is 11.6 Å². The Morgan fingerprint density at radius 1 is 1.11 bits per heavy atom. The Bertz CT molecular complexity index is 474. The minimum atomic E-state index is -3.56. The molecule has 0 aromatic rings. The lowest BCUT2D eigenvalue weighted by Crippen LogP contribution is -2.45. The number of sulfonamides is 1. The topological polar surface area (TPSA) is 71.5 Å². The molecule has 8 heteroatoms. The van der Waals surface area contributed by atoms with Gasteiger partial charge in [-0.25, -0.2) is 21.1 Å². The van der Waals surface area contributed by atoms with E-state index in [1.54, 1.807) is 0 Å². The summed E-state index contributed by atoms with van der Waals surface area (Å²) in [6, 6.07) is -0.218. The standard InChI is InChI=1S/C10H20ClNO4S2/c1-12(10-6-4-3-5-9(10)11)18(15,16)8-7-17(2,13)14/h9-10H,3-8H2,1-2H3. The first-order valence-corrected chi connectivity index (χ1v) is 10.0. The Hall–Kier alpha value is 0.150. The van der Waals surface area contributed by atoms with Gasteiger partial charge in [-0.05, 0) is 12.8 Å². The molecule has 1 aliphatic carbocycles. The van der Waals surface area contributed by atoms with Crippen molar-refractivity contribution in [1.29, 1.82) is 0 Å². The third kappa shape index (κ3) is 4.68. The van der Waals surface area contributed by atoms with E-state index in [0.717, 1.165) is 31.9 Å². The van der Waals surface area contributed by atoms with Gasteiger partial charge in [0, 0.05) is 19.3 Å². The van der Waals surface area contributed by atoms with Gasteiger partial charge in [-0.3, -0.25) is 0 Å². The van der Waals surface area contributed by atoms with E-state index in [4.69, 9.17) is 11.6 Å². The second kappa shape index (κ2) is 6.07. The number of alkyl halides is 1. The van der Waals surface area contributed by atoms with Crippen LogP contribution in [0.15, 0.2) is 0 Å². The van der Waals surface area contributed by atoms with E-state index in [2.05, 4.69) is 0 Å². The third-order valence-electron chi connectivity index (χ3n) is 3.27. The monoisotopic (exact) mass is 317 g/mol. The minimum absolute atomic E-state index is 0.184. The van der Waals surface area contributed by atoms with Gasteiger partial charge in [0.05, 0.1) is 16.9 Å². The van der Waals surface area contributed by atoms with Crippen LogP contribution < -0.4 is 0 Å². The highest BCUT2D eigenvalue weighted by Crippen LogP contribution is 2.28. The molecule has 0 bridgehead atoms. The van der Waals surface area contributed by atoms with Gasteiger partial charge >= 0.3 is 0 Å². The summed E-state index contributed by atoms with van der Waals surface area (Å²) in [6.45, 7) is 0. The molecule has 2 unspecified atom stereocenters. The Morgan fingerprint density at radius 3 is 2.17 bits per heavy atom. The maximum absolute atomic E-state index is 12.0. The average molecular weight is 318 g/mol. The molecule has 0 heterocycles. The summed E-state index contributed by atoms with van der Waals surface area (Å²) in [7, 11) is -5.34. The first-order valence-electron chi connectivity index (χ1n) is 5.91. The molecule has 1 rings (SSSR count). The van der Waals surface area contributed by atoms with Gasteiger partial charge in [0.15, 0.2) is 0 Å². The summed E-state index contributed by atoms with van der Waals surface area (Å²) in [5.41, 5.74) is 0. The molecule has 1 fully saturated rings. The predicted molar refractivity (Wildman–Crippen MR) is 73.2 cm³/mol. The Morgan fingerprint density at radius 2 is 1.67 bits per heavy atom. The molecule has 2 atom stereocenters. The molecule has 0 spiro atoms. The number of halogens is 1. The van der Waals surface area contributed by atoms with Crippen LogP contribution >= 0.6 is 11.6 Å². The van der Waals surface area contributed by atoms with Crippen LogP contribution in [0.1, 0.15) is 25.7 Å². The van der Waals surface area contributed by atoms with Crippen LogP contribution in [-0.4, -0.2) is 57.4 Å². The molecule has 1 aliphatic rings. The fraction of sp³-hybridized carbons (Fsp3) is 1.00. The van der Waals surface area contributed by atoms with E-state index in [1.807, 2.05) is 0 Å². The van der Waals surface area contributed by atoms with Crippen LogP contribution in [0, 0.1) is 0 Å². The molecule has 0 saturated heterocycles. The molecule has 0 N–H and O–H groups in total. The Balaban J connectivity index is 2.72. The van der Waals surface area contributed by atoms with Gasteiger partial charge in [0.25, 0.3) is 0 Å². The molecule has 0 radical (unpaired) electrons. The van der Waals surface area contributed by atoms with Crippen LogP contribution in [0.3, 0.4) is 0 Å². The summed E-state index contributed by atoms with van der Waals surface area (Å²) in [4.78, 5) is 0. The first kappa shape index (κ1) is 16.2. The fourth-order valence-corrected chi connectivity index (χ4v) is 5.61. The van der Waals surface area contributed by atoms with E-state index in [9.17, 15) is 16.8 Å². The van der Waals surface area contributed by atoms with Crippen LogP contribution in [-0.2, 0) is 19.9 Å². The summed E-state index contributed by atoms with van der Waals surface area (Å²) < 4.78 is 47.4. The lowest BCUT2D eigenvalue weighted by molar-refractivity contribution is 0.291. The molecule has 108 valence electrons. The summed E-state index contributed by atoms with van der Waals surface area (Å²) in [5.74, 6) is -0.720. The summed E-state index contributed by atoms with van der Waals surface area (Å²) in [6.07, 6.45) is 4.55. The van der Waals surface area contributed by atoms with E-state index < -0.39 is 19.9 Å². The van der Waals surface area contributed by atoms with Gasteiger partial charge in [-0.2, -0.15) is 0 Å². The largest absolute Gasteiger partial charge is 0.229 e. The number of sulfone groups is 1. The lowest BCUT2D eigenvalue weighted by Gasteiger charge is -2.34. The molecule has 1 saturated carbocycles. The van der Waals surface area contributed by atoms with Crippen LogP contribution in [0.4, 0.5) is 0 Å². The molecular weight excluding hydrogens is 298 g/mol. The zero-order valence-electron chi connectivity index (χ0n) is 10.7. The van der Waals surface area contributed by atoms with Gasteiger partial charge in [-0.1, -0.05) is 12.8 Å². The van der Waals surface area contributed by atoms with Crippen molar-refractivity contribution in [3.63, 3.8) is 0 Å². The lowest BCUT2D eigenvalue weighted by atomic mass is 9.95. The molecule has 5 nitrogen and oxygen atoms in total. The SMILES string of the molecule is CN(C1CCCCC1Cl)S(=O)(=O)CCS(C)(=O)=O. The van der Waals surface area contributed by atoms with Crippen LogP contribution in [0.2, 0.25) is 0 Å². The highest BCUT2D eigenvalue weighted by molar-refractivity contribution is 7.93. The predicted octanol–water partition coefficient (Wildman–Crippen LogP) is 0.843. The van der Waals surface area contributed by atoms with Crippen molar-refractivity contribution in [2.75, 3.05) is 24.8 Å². The second-order valence-corrected chi connectivity index (χ2v) is 9.80. The van der Waals surface area contributed by atoms with Gasteiger partial charge < -0.3 is 0 Å². The normalized spacial score (nSPS) is 26.4. The van der Waals surface area contributed by atoms with Crippen molar-refractivity contribution in [2.24, 2.45) is 0 Å². The molecule has 0 aromatic carbocycles. The average Bonchev–Trinajstić information content (AvgIpc) is 2.25. The molecule has 0 aliphatic heterocycles. The van der Waals surface area contributed by atoms with E-state index in [-0.39, 0.29) is 22.9 Å². The number of rotatable bonds is 5. The van der Waals surface area contributed by atoms with E-state index in [1.165, 1.54) is 11.4 Å². The molecule has 0 aromatic heterocycles. The van der Waals surface area contributed by atoms with Crippen molar-refractivity contribution in [3.05, 3.63) is 0 Å². The second-order valence-electron chi connectivity index (χ2n) is 4.83. The van der Waals surface area contributed by atoms with Crippen LogP contribution in [0.5, 0.6) is 0 Å². The smallest absolute Gasteiger partial charge is 0.215 e. The van der Waals surface area contributed by atoms with Crippen molar-refractivity contribution in [1.82, 2.24) is 4.31 Å². The highest BCUT2D eigenvalue weighted by atomic mass is 35.5. The first-order chi connectivity index (χ1) is 8.13. The molecular formula is C10H20ClNO4S2. The minimum Gasteiger partial charge on any atom is -0.229 e. The van der Waals surface area contributed by atoms with E-state index in [0.29, 0.717) is 0 Å². The van der Waals surface area contributed by atoms with Crippen molar-refractivity contribution >= 4 is 31.5 Å². The molecule has 0 amide bonds. The van der Waals surface area contributed by atoms with Gasteiger partial charge in [0.2, 0.25) is 10.0 Å². The maximum Gasteiger partial charge on any atom is 0.215 e. The summed E-state index contributed by atoms with van der Waals surface area (Å²) in [5, 5.41) is -0.184. The Labute approximate surface area is 114 Å². The zero-order chi connectivity index (χ0) is 14.0. The number of hydrogen-bond donors (Lipinski definition) is 0. The van der Waals surface area contributed by atoms with Gasteiger partial charge in [0.1, 0.15) is 9.84 Å². The Kier molecular flexibility index (Phi) is 5.46. The summed E-state index contributed by atoms with van der Waals surface area (Å²) >= 11 is 6.15. The van der Waals surface area contributed by atoms with Crippen molar-refractivity contribution < 1.29 is 16.8 Å². The van der Waals surface area contributed by atoms with Crippen molar-refractivity contribution in [3.8, 4) is 0 Å². The van der Waals surface area contributed by atoms with Crippen molar-refractivity contribution in [2.45, 2.75) is 37.1 Å². The quantitative estimate of drug-likeness (QED) is 0.705. The number of nitrogens with zero attached hydrogens (tertiary/aromatic N) is 1.